The van der Waals surface area contributed by atoms with Gasteiger partial charge >= 0.3 is 0 Å². The Morgan fingerprint density at radius 2 is 1.93 bits per heavy atom. The van der Waals surface area contributed by atoms with E-state index >= 15 is 0 Å². The molecule has 0 amide bonds. The number of aromatic nitrogens is 6. The summed E-state index contributed by atoms with van der Waals surface area (Å²) in [7, 11) is 3.65. The van der Waals surface area contributed by atoms with Crippen LogP contribution in [0.4, 0.5) is 11.6 Å². The van der Waals surface area contributed by atoms with Gasteiger partial charge in [0, 0.05) is 45.0 Å². The molecule has 0 saturated carbocycles. The average Bonchev–Trinajstić information content (AvgIpc) is 2.99. The van der Waals surface area contributed by atoms with Gasteiger partial charge in [0.05, 0.1) is 6.04 Å². The van der Waals surface area contributed by atoms with Gasteiger partial charge in [-0.05, 0) is 12.1 Å². The molecule has 0 radical (unpaired) electrons. The molecule has 4 rings (SSSR count). The van der Waals surface area contributed by atoms with Gasteiger partial charge in [0.15, 0.2) is 17.3 Å². The lowest BCUT2D eigenvalue weighted by Gasteiger charge is -2.44. The van der Waals surface area contributed by atoms with E-state index in [2.05, 4.69) is 40.9 Å². The molecule has 0 aliphatic carbocycles. The van der Waals surface area contributed by atoms with Gasteiger partial charge < -0.3 is 14.4 Å². The van der Waals surface area contributed by atoms with Crippen LogP contribution in [0.1, 0.15) is 26.6 Å². The van der Waals surface area contributed by atoms with E-state index in [1.54, 1.807) is 24.0 Å². The Kier molecular flexibility index (Phi) is 3.90. The molecule has 27 heavy (non-hydrogen) atoms. The van der Waals surface area contributed by atoms with Crippen molar-refractivity contribution in [2.75, 3.05) is 29.9 Å². The van der Waals surface area contributed by atoms with Crippen molar-refractivity contribution in [2.45, 2.75) is 32.2 Å². The first-order valence-electron chi connectivity index (χ1n) is 8.98. The van der Waals surface area contributed by atoms with Crippen LogP contribution >= 0.6 is 0 Å². The summed E-state index contributed by atoms with van der Waals surface area (Å²) < 4.78 is 3.37. The largest absolute Gasteiger partial charge is 0.351 e. The van der Waals surface area contributed by atoms with Crippen LogP contribution in [-0.2, 0) is 12.5 Å². The molecule has 0 atom stereocenters. The molecule has 3 aromatic rings. The third-order valence-electron chi connectivity index (χ3n) is 4.99. The third-order valence-corrected chi connectivity index (χ3v) is 4.99. The van der Waals surface area contributed by atoms with E-state index in [1.165, 1.54) is 0 Å². The topological polar surface area (TPSA) is 84.5 Å². The summed E-state index contributed by atoms with van der Waals surface area (Å²) in [6.45, 7) is 7.85. The fourth-order valence-electron chi connectivity index (χ4n) is 3.20. The molecule has 0 bridgehead atoms. The zero-order chi connectivity index (χ0) is 19.3. The minimum Gasteiger partial charge on any atom is -0.351 e. The Morgan fingerprint density at radius 3 is 2.63 bits per heavy atom. The van der Waals surface area contributed by atoms with Crippen molar-refractivity contribution in [2.24, 2.45) is 7.05 Å². The Labute approximate surface area is 157 Å². The highest BCUT2D eigenvalue weighted by atomic mass is 16.1. The minimum atomic E-state index is -0.137. The first-order valence-corrected chi connectivity index (χ1v) is 8.98. The molecule has 1 aliphatic heterocycles. The predicted molar refractivity (Wildman–Crippen MR) is 103 cm³/mol. The Bertz CT molecular complexity index is 1040. The lowest BCUT2D eigenvalue weighted by atomic mass is 9.96. The maximum atomic E-state index is 12.3. The summed E-state index contributed by atoms with van der Waals surface area (Å²) >= 11 is 0. The van der Waals surface area contributed by atoms with Crippen LogP contribution in [0, 0.1) is 0 Å². The smallest absolute Gasteiger partial charge is 0.293 e. The second-order valence-electron chi connectivity index (χ2n) is 8.07. The molecular weight excluding hydrogens is 344 g/mol. The molecule has 1 aliphatic rings. The third kappa shape index (κ3) is 2.92. The van der Waals surface area contributed by atoms with Crippen molar-refractivity contribution in [3.63, 3.8) is 0 Å². The zero-order valence-corrected chi connectivity index (χ0v) is 16.3. The lowest BCUT2D eigenvalue weighted by molar-refractivity contribution is 0.481. The van der Waals surface area contributed by atoms with Crippen LogP contribution < -0.4 is 15.4 Å². The summed E-state index contributed by atoms with van der Waals surface area (Å²) in [5, 5.41) is 13.2. The highest BCUT2D eigenvalue weighted by molar-refractivity contribution is 5.50. The first kappa shape index (κ1) is 17.4. The zero-order valence-electron chi connectivity index (χ0n) is 16.3. The van der Waals surface area contributed by atoms with Gasteiger partial charge in [-0.1, -0.05) is 20.8 Å². The number of nitrogens with zero attached hydrogens (tertiary/aromatic N) is 8. The molecule has 142 valence electrons. The number of rotatable bonds is 3. The highest BCUT2D eigenvalue weighted by Gasteiger charge is 2.33. The minimum absolute atomic E-state index is 0.0858. The molecule has 0 spiro atoms. The van der Waals surface area contributed by atoms with Crippen LogP contribution in [0.25, 0.3) is 5.65 Å². The van der Waals surface area contributed by atoms with Crippen LogP contribution in [0.3, 0.4) is 0 Å². The van der Waals surface area contributed by atoms with Gasteiger partial charge in [0.1, 0.15) is 5.82 Å². The van der Waals surface area contributed by atoms with Crippen molar-refractivity contribution in [3.05, 3.63) is 40.7 Å². The maximum Gasteiger partial charge on any atom is 0.293 e. The summed E-state index contributed by atoms with van der Waals surface area (Å²) in [5.74, 6) is 2.19. The van der Waals surface area contributed by atoms with E-state index in [4.69, 9.17) is 5.10 Å². The van der Waals surface area contributed by atoms with Gasteiger partial charge in [0.25, 0.3) is 5.56 Å². The van der Waals surface area contributed by atoms with E-state index in [-0.39, 0.29) is 17.0 Å². The molecular formula is C18H24N8O. The molecule has 1 saturated heterocycles. The van der Waals surface area contributed by atoms with E-state index in [1.807, 2.05) is 28.6 Å². The van der Waals surface area contributed by atoms with Crippen molar-refractivity contribution in [1.29, 1.82) is 0 Å². The lowest BCUT2D eigenvalue weighted by Crippen LogP contribution is -2.60. The van der Waals surface area contributed by atoms with Crippen molar-refractivity contribution >= 4 is 17.3 Å². The number of likely N-dealkylation sites (N-methyl/N-ethyl adjacent to an activating group) is 1. The van der Waals surface area contributed by atoms with Crippen LogP contribution in [0.2, 0.25) is 0 Å². The highest BCUT2D eigenvalue weighted by Crippen LogP contribution is 2.25. The average molecular weight is 368 g/mol. The number of fused-ring (bicyclic) bond motifs is 1. The normalized spacial score (nSPS) is 15.2. The van der Waals surface area contributed by atoms with E-state index < -0.39 is 0 Å². The first-order chi connectivity index (χ1) is 12.8. The monoisotopic (exact) mass is 368 g/mol. The summed E-state index contributed by atoms with van der Waals surface area (Å²) in [6.07, 6.45) is 3.32. The molecule has 9 heteroatoms. The number of hydrogen-bond acceptors (Lipinski definition) is 7. The van der Waals surface area contributed by atoms with E-state index in [0.717, 1.165) is 30.4 Å². The molecule has 4 heterocycles. The second-order valence-corrected chi connectivity index (χ2v) is 8.07. The Hall–Kier alpha value is -2.97. The van der Waals surface area contributed by atoms with Gasteiger partial charge in [-0.15, -0.1) is 15.3 Å². The van der Waals surface area contributed by atoms with E-state index in [9.17, 15) is 4.79 Å². The fraction of sp³-hybridized carbons (Fsp3) is 0.500. The van der Waals surface area contributed by atoms with Gasteiger partial charge in [0.2, 0.25) is 0 Å². The number of hydrogen-bond donors (Lipinski definition) is 0. The van der Waals surface area contributed by atoms with Gasteiger partial charge in [-0.3, -0.25) is 4.79 Å². The quantitative estimate of drug-likeness (QED) is 0.677. The maximum absolute atomic E-state index is 12.3. The number of aryl methyl sites for hydroxylation is 1. The van der Waals surface area contributed by atoms with Crippen molar-refractivity contribution < 1.29 is 0 Å². The van der Waals surface area contributed by atoms with Crippen molar-refractivity contribution in [1.82, 2.24) is 29.4 Å². The summed E-state index contributed by atoms with van der Waals surface area (Å²) in [4.78, 5) is 20.7. The molecule has 0 N–H and O–H groups in total. The standard InChI is InChI=1S/C18H24N8O/c1-18(2,3)17-21-20-13-6-7-14(22-26(13)17)25-10-12(11-25)24(5)15-16(27)23(4)9-8-19-15/h6-9,12H,10-11H2,1-5H3. The van der Waals surface area contributed by atoms with Crippen molar-refractivity contribution in [3.8, 4) is 0 Å². The molecule has 3 aromatic heterocycles. The predicted octanol–water partition coefficient (Wildman–Crippen LogP) is 0.840. The fourth-order valence-corrected chi connectivity index (χ4v) is 3.20. The molecule has 0 unspecified atom stereocenters. The van der Waals surface area contributed by atoms with E-state index in [0.29, 0.717) is 5.82 Å². The Morgan fingerprint density at radius 1 is 1.19 bits per heavy atom. The molecule has 0 aromatic carbocycles. The Balaban J connectivity index is 1.54. The number of anilines is 2. The summed E-state index contributed by atoms with van der Waals surface area (Å²) in [5.41, 5.74) is 0.522. The van der Waals surface area contributed by atoms with Crippen LogP contribution in [0.5, 0.6) is 0 Å². The van der Waals surface area contributed by atoms with Crippen LogP contribution in [-0.4, -0.2) is 55.5 Å². The molecule has 9 nitrogen and oxygen atoms in total. The summed E-state index contributed by atoms with van der Waals surface area (Å²) in [6, 6.07) is 4.12. The van der Waals surface area contributed by atoms with Gasteiger partial charge in [-0.25, -0.2) is 4.98 Å². The second kappa shape index (κ2) is 6.04. The van der Waals surface area contributed by atoms with Gasteiger partial charge in [-0.2, -0.15) is 4.52 Å². The molecule has 1 fully saturated rings. The SMILES string of the molecule is CN(c1nccn(C)c1=O)C1CN(c2ccc3nnc(C(C)(C)C)n3n2)C1. The van der Waals surface area contributed by atoms with Crippen LogP contribution in [0.15, 0.2) is 29.3 Å².